The molecule has 5 aromatic rings. The third kappa shape index (κ3) is 3.43. The van der Waals surface area contributed by atoms with Gasteiger partial charge in [-0.2, -0.15) is 11.3 Å². The molecule has 2 aromatic carbocycles. The van der Waals surface area contributed by atoms with Crippen LogP contribution in [0.4, 0.5) is 4.39 Å². The van der Waals surface area contributed by atoms with Crippen LogP contribution < -0.4 is 0 Å². The van der Waals surface area contributed by atoms with Gasteiger partial charge in [0, 0.05) is 33.9 Å². The Morgan fingerprint density at radius 2 is 1.78 bits per heavy atom. The molecule has 0 amide bonds. The number of thiophene rings is 1. The molecule has 160 valence electrons. The number of fused-ring (bicyclic) bond motifs is 1. The van der Waals surface area contributed by atoms with Crippen LogP contribution in [0.15, 0.2) is 82.6 Å². The van der Waals surface area contributed by atoms with E-state index in [0.717, 1.165) is 20.7 Å². The predicted molar refractivity (Wildman–Crippen MR) is 127 cm³/mol. The lowest BCUT2D eigenvalue weighted by molar-refractivity contribution is 0.588. The number of hydrogen-bond donors (Lipinski definition) is 0. The summed E-state index contributed by atoms with van der Waals surface area (Å²) in [5.74, 6) is -0.538. The zero-order valence-electron chi connectivity index (χ0n) is 16.8. The molecule has 5 rings (SSSR count). The largest absolute Gasteiger partial charge is 0.269 e. The van der Waals surface area contributed by atoms with E-state index in [0.29, 0.717) is 10.9 Å². The summed E-state index contributed by atoms with van der Waals surface area (Å²) in [6, 6.07) is 14.7. The summed E-state index contributed by atoms with van der Waals surface area (Å²) in [6.07, 6.45) is 3.01. The first-order chi connectivity index (χ1) is 15.4. The van der Waals surface area contributed by atoms with Gasteiger partial charge in [0.05, 0.1) is 4.90 Å². The Hall–Kier alpha value is -3.00. The van der Waals surface area contributed by atoms with Crippen molar-refractivity contribution < 1.29 is 12.8 Å². The van der Waals surface area contributed by atoms with Gasteiger partial charge in [-0.3, -0.25) is 0 Å². The van der Waals surface area contributed by atoms with Gasteiger partial charge in [0.1, 0.15) is 5.82 Å². The first-order valence-corrected chi connectivity index (χ1v) is 12.4. The normalized spacial score (nSPS) is 11.8. The fourth-order valence-corrected chi connectivity index (χ4v) is 5.84. The van der Waals surface area contributed by atoms with Crippen molar-refractivity contribution in [3.8, 4) is 22.3 Å². The van der Waals surface area contributed by atoms with E-state index < -0.39 is 15.8 Å². The monoisotopic (exact) mass is 482 g/mol. The predicted octanol–water partition coefficient (Wildman–Crippen LogP) is 6.77. The van der Waals surface area contributed by atoms with E-state index in [9.17, 15) is 12.8 Å². The summed E-state index contributed by atoms with van der Waals surface area (Å²) >= 11 is 7.48. The van der Waals surface area contributed by atoms with Gasteiger partial charge < -0.3 is 0 Å². The highest BCUT2D eigenvalue weighted by Gasteiger charge is 2.25. The van der Waals surface area contributed by atoms with Crippen LogP contribution in [0, 0.1) is 12.7 Å². The molecular formula is C24H16ClFN2O2S2. The summed E-state index contributed by atoms with van der Waals surface area (Å²) in [4.78, 5) is 4.52. The molecule has 0 atom stereocenters. The Morgan fingerprint density at radius 1 is 1.00 bits per heavy atom. The second-order valence-electron chi connectivity index (χ2n) is 7.35. The molecule has 0 aliphatic carbocycles. The number of hydrogen-bond acceptors (Lipinski definition) is 4. The Bertz CT molecular complexity index is 1560. The van der Waals surface area contributed by atoms with E-state index >= 15 is 0 Å². The number of rotatable bonds is 4. The van der Waals surface area contributed by atoms with Crippen molar-refractivity contribution in [1.82, 2.24) is 8.96 Å². The maximum Gasteiger partial charge on any atom is 0.269 e. The molecule has 3 aromatic heterocycles. The first-order valence-electron chi connectivity index (χ1n) is 9.66. The number of nitrogens with zero attached hydrogens (tertiary/aromatic N) is 2. The van der Waals surface area contributed by atoms with Crippen LogP contribution in [0.25, 0.3) is 33.3 Å². The zero-order valence-corrected chi connectivity index (χ0v) is 19.2. The molecule has 0 saturated heterocycles. The SMILES string of the molecule is Cc1ccc(S(=O)(=O)n2cc(-c3ccc(Cl)cc3F)c3c(-c4ccsc4)ccnc32)cc1. The molecule has 0 bridgehead atoms. The Labute approximate surface area is 193 Å². The van der Waals surface area contributed by atoms with Gasteiger partial charge in [0.15, 0.2) is 5.65 Å². The zero-order chi connectivity index (χ0) is 22.5. The van der Waals surface area contributed by atoms with Crippen molar-refractivity contribution in [2.45, 2.75) is 11.8 Å². The highest BCUT2D eigenvalue weighted by Crippen LogP contribution is 2.40. The van der Waals surface area contributed by atoms with E-state index in [1.807, 2.05) is 29.8 Å². The van der Waals surface area contributed by atoms with Crippen molar-refractivity contribution in [2.75, 3.05) is 0 Å². The summed E-state index contributed by atoms with van der Waals surface area (Å²) in [7, 11) is -3.97. The van der Waals surface area contributed by atoms with E-state index in [1.54, 1.807) is 42.6 Å². The van der Waals surface area contributed by atoms with Crippen LogP contribution in [0.5, 0.6) is 0 Å². The van der Waals surface area contributed by atoms with Gasteiger partial charge in [-0.15, -0.1) is 0 Å². The number of aryl methyl sites for hydroxylation is 1. The highest BCUT2D eigenvalue weighted by atomic mass is 35.5. The fourth-order valence-electron chi connectivity index (χ4n) is 3.70. The lowest BCUT2D eigenvalue weighted by atomic mass is 9.99. The van der Waals surface area contributed by atoms with Crippen molar-refractivity contribution in [3.05, 3.63) is 94.2 Å². The summed E-state index contributed by atoms with van der Waals surface area (Å²) in [5, 5.41) is 4.72. The van der Waals surface area contributed by atoms with Gasteiger partial charge in [-0.1, -0.05) is 29.3 Å². The topological polar surface area (TPSA) is 52.0 Å². The molecule has 0 radical (unpaired) electrons. The van der Waals surface area contributed by atoms with Gasteiger partial charge in [-0.25, -0.2) is 21.8 Å². The van der Waals surface area contributed by atoms with Crippen LogP contribution in [0.2, 0.25) is 5.02 Å². The smallest absolute Gasteiger partial charge is 0.237 e. The van der Waals surface area contributed by atoms with Crippen molar-refractivity contribution in [3.63, 3.8) is 0 Å². The van der Waals surface area contributed by atoms with E-state index in [4.69, 9.17) is 11.6 Å². The average Bonchev–Trinajstić information content (AvgIpc) is 3.43. The molecule has 8 heteroatoms. The number of pyridine rings is 1. The van der Waals surface area contributed by atoms with Crippen LogP contribution in [-0.2, 0) is 10.0 Å². The second kappa shape index (κ2) is 7.85. The summed E-state index contributed by atoms with van der Waals surface area (Å²) in [5.41, 5.74) is 3.55. The van der Waals surface area contributed by atoms with Crippen LogP contribution in [0.3, 0.4) is 0 Å². The van der Waals surface area contributed by atoms with Gasteiger partial charge >= 0.3 is 0 Å². The molecule has 0 aliphatic heterocycles. The molecule has 0 fully saturated rings. The molecule has 0 spiro atoms. The molecule has 4 nitrogen and oxygen atoms in total. The molecule has 0 N–H and O–H groups in total. The van der Waals surface area contributed by atoms with E-state index in [-0.39, 0.29) is 21.1 Å². The Morgan fingerprint density at radius 3 is 2.47 bits per heavy atom. The van der Waals surface area contributed by atoms with Crippen molar-refractivity contribution >= 4 is 44.0 Å². The van der Waals surface area contributed by atoms with Crippen molar-refractivity contribution in [1.29, 1.82) is 0 Å². The minimum atomic E-state index is -3.97. The fraction of sp³-hybridized carbons (Fsp3) is 0.0417. The van der Waals surface area contributed by atoms with Crippen molar-refractivity contribution in [2.24, 2.45) is 0 Å². The second-order valence-corrected chi connectivity index (χ2v) is 10.4. The van der Waals surface area contributed by atoms with Crippen LogP contribution >= 0.6 is 22.9 Å². The number of aromatic nitrogens is 2. The Kier molecular flexibility index (Phi) is 5.12. The molecule has 0 unspecified atom stereocenters. The van der Waals surface area contributed by atoms with Crippen LogP contribution in [0.1, 0.15) is 5.56 Å². The van der Waals surface area contributed by atoms with Gasteiger partial charge in [-0.05, 0) is 71.3 Å². The highest BCUT2D eigenvalue weighted by molar-refractivity contribution is 7.90. The van der Waals surface area contributed by atoms with E-state index in [2.05, 4.69) is 4.98 Å². The lowest BCUT2D eigenvalue weighted by Crippen LogP contribution is -2.12. The van der Waals surface area contributed by atoms with Gasteiger partial charge in [0.25, 0.3) is 10.0 Å². The molecule has 0 aliphatic rings. The number of benzene rings is 2. The third-order valence-corrected chi connectivity index (χ3v) is 7.87. The molecular weight excluding hydrogens is 467 g/mol. The maximum atomic E-state index is 14.9. The third-order valence-electron chi connectivity index (χ3n) is 5.29. The minimum absolute atomic E-state index is 0.130. The first kappa shape index (κ1) is 20.9. The molecule has 32 heavy (non-hydrogen) atoms. The molecule has 3 heterocycles. The Balaban J connectivity index is 1.86. The lowest BCUT2D eigenvalue weighted by Gasteiger charge is -2.08. The molecule has 0 saturated carbocycles. The summed E-state index contributed by atoms with van der Waals surface area (Å²) < 4.78 is 43.2. The van der Waals surface area contributed by atoms with Crippen LogP contribution in [-0.4, -0.2) is 17.4 Å². The number of halogens is 2. The van der Waals surface area contributed by atoms with E-state index in [1.165, 1.54) is 23.6 Å². The standard InChI is InChI=1S/C24H16ClFN2O2S2/c1-15-2-5-18(6-3-15)32(29,30)28-13-21(20-7-4-17(25)12-22(20)26)23-19(8-10-27-24(23)28)16-9-11-31-14-16/h2-14H,1H3. The average molecular weight is 483 g/mol. The minimum Gasteiger partial charge on any atom is -0.237 e. The summed E-state index contributed by atoms with van der Waals surface area (Å²) in [6.45, 7) is 1.89. The maximum absolute atomic E-state index is 14.9. The quantitative estimate of drug-likeness (QED) is 0.284. The van der Waals surface area contributed by atoms with Gasteiger partial charge in [0.2, 0.25) is 0 Å².